The number of rotatable bonds is 4. The summed E-state index contributed by atoms with van der Waals surface area (Å²) in [6.07, 6.45) is 1.92. The van der Waals surface area contributed by atoms with Crippen LogP contribution in [0, 0.1) is 0 Å². The van der Waals surface area contributed by atoms with Gasteiger partial charge >= 0.3 is 7.12 Å². The first-order chi connectivity index (χ1) is 10.7. The lowest BCUT2D eigenvalue weighted by Gasteiger charge is -2.32. The van der Waals surface area contributed by atoms with Crippen molar-refractivity contribution in [3.8, 4) is 0 Å². The number of hydrazine groups is 1. The van der Waals surface area contributed by atoms with Gasteiger partial charge in [0, 0.05) is 12.1 Å². The molecule has 5 N–H and O–H groups in total. The van der Waals surface area contributed by atoms with Gasteiger partial charge in [0.1, 0.15) is 0 Å². The Morgan fingerprint density at radius 3 is 2.13 bits per heavy atom. The van der Waals surface area contributed by atoms with Crippen molar-refractivity contribution in [3.63, 3.8) is 0 Å². The molecule has 0 spiro atoms. The fraction of sp³-hybridized carbons (Fsp3) is 0.438. The Hall–Kier alpha value is -1.67. The van der Waals surface area contributed by atoms with Crippen molar-refractivity contribution in [3.05, 3.63) is 40.9 Å². The van der Waals surface area contributed by atoms with E-state index in [1.54, 1.807) is 12.1 Å². The number of nitrogens with two attached hydrogens (primary N) is 2. The van der Waals surface area contributed by atoms with E-state index in [9.17, 15) is 4.79 Å². The maximum absolute atomic E-state index is 11.4. The standard InChI is InChI=1S/C16H24BN3O3/c1-15(2)16(3,4)23-17(22-15)13(10-18)9-11-5-7-12(8-6-11)14(21)20-19/h5-9H,10,18-19H2,1-4H3,(H,20,21). The molecule has 1 heterocycles. The molecule has 0 unspecified atom stereocenters. The van der Waals surface area contributed by atoms with E-state index in [2.05, 4.69) is 5.43 Å². The molecule has 1 fully saturated rings. The molecule has 23 heavy (non-hydrogen) atoms. The SMILES string of the molecule is CC1(C)OB(C(=Cc2ccc(C(=O)NN)cc2)CN)OC1(C)C. The van der Waals surface area contributed by atoms with Crippen LogP contribution in [0.4, 0.5) is 0 Å². The summed E-state index contributed by atoms with van der Waals surface area (Å²) in [4.78, 5) is 11.4. The molecule has 1 saturated heterocycles. The quantitative estimate of drug-likeness (QED) is 0.336. The van der Waals surface area contributed by atoms with Crippen LogP contribution in [0.5, 0.6) is 0 Å². The molecule has 124 valence electrons. The summed E-state index contributed by atoms with van der Waals surface area (Å²) in [5.74, 6) is 4.79. The molecule has 0 atom stereocenters. The van der Waals surface area contributed by atoms with Gasteiger partial charge < -0.3 is 15.0 Å². The molecule has 7 heteroatoms. The third-order valence-corrected chi connectivity index (χ3v) is 4.45. The zero-order valence-corrected chi connectivity index (χ0v) is 14.1. The second-order valence-electron chi connectivity index (χ2n) is 6.61. The minimum Gasteiger partial charge on any atom is -0.400 e. The van der Waals surface area contributed by atoms with Crippen LogP contribution < -0.4 is 17.0 Å². The third-order valence-electron chi connectivity index (χ3n) is 4.45. The summed E-state index contributed by atoms with van der Waals surface area (Å²) in [5, 5.41) is 0. The monoisotopic (exact) mass is 317 g/mol. The zero-order chi connectivity index (χ0) is 17.3. The van der Waals surface area contributed by atoms with Crippen LogP contribution in [-0.4, -0.2) is 30.8 Å². The average molecular weight is 317 g/mol. The largest absolute Gasteiger partial charge is 0.491 e. The summed E-state index contributed by atoms with van der Waals surface area (Å²) in [7, 11) is -0.475. The number of nitrogen functional groups attached to an aromatic ring is 1. The molecule has 2 rings (SSSR count). The van der Waals surface area contributed by atoms with E-state index in [-0.39, 0.29) is 5.91 Å². The lowest BCUT2D eigenvalue weighted by Crippen LogP contribution is -2.41. The average Bonchev–Trinajstić information content (AvgIpc) is 2.72. The summed E-state index contributed by atoms with van der Waals surface area (Å²) >= 11 is 0. The number of nitrogens with one attached hydrogen (secondary N) is 1. The fourth-order valence-electron chi connectivity index (χ4n) is 2.25. The molecule has 6 nitrogen and oxygen atoms in total. The predicted octanol–water partition coefficient (Wildman–Crippen LogP) is 1.26. The number of carbonyl (C=O) groups excluding carboxylic acids is 1. The molecular formula is C16H24BN3O3. The van der Waals surface area contributed by atoms with Gasteiger partial charge in [-0.2, -0.15) is 0 Å². The predicted molar refractivity (Wildman–Crippen MR) is 91.2 cm³/mol. The normalized spacial score (nSPS) is 19.7. The van der Waals surface area contributed by atoms with Crippen molar-refractivity contribution in [2.45, 2.75) is 38.9 Å². The summed E-state index contributed by atoms with van der Waals surface area (Å²) in [6.45, 7) is 8.33. The van der Waals surface area contributed by atoms with Gasteiger partial charge in [0.2, 0.25) is 0 Å². The highest BCUT2D eigenvalue weighted by Crippen LogP contribution is 2.38. The second kappa shape index (κ2) is 6.45. The molecule has 1 aromatic rings. The van der Waals surface area contributed by atoms with Gasteiger partial charge in [-0.3, -0.25) is 10.2 Å². The van der Waals surface area contributed by atoms with Crippen LogP contribution >= 0.6 is 0 Å². The van der Waals surface area contributed by atoms with Gasteiger partial charge in [-0.05, 0) is 50.9 Å². The van der Waals surface area contributed by atoms with Crippen LogP contribution in [0.3, 0.4) is 0 Å². The number of hydrogen-bond acceptors (Lipinski definition) is 5. The minimum atomic E-state index is -0.475. The van der Waals surface area contributed by atoms with E-state index in [0.717, 1.165) is 11.0 Å². The highest BCUT2D eigenvalue weighted by Gasteiger charge is 2.52. The first-order valence-corrected chi connectivity index (χ1v) is 7.57. The summed E-state index contributed by atoms with van der Waals surface area (Å²) in [5.41, 5.74) is 9.41. The van der Waals surface area contributed by atoms with Crippen molar-refractivity contribution < 1.29 is 14.1 Å². The molecule has 0 bridgehead atoms. The number of amides is 1. The van der Waals surface area contributed by atoms with Crippen molar-refractivity contribution in [2.75, 3.05) is 6.54 Å². The van der Waals surface area contributed by atoms with Crippen molar-refractivity contribution >= 4 is 19.1 Å². The van der Waals surface area contributed by atoms with E-state index in [4.69, 9.17) is 20.9 Å². The fourth-order valence-corrected chi connectivity index (χ4v) is 2.25. The van der Waals surface area contributed by atoms with Gasteiger partial charge in [0.05, 0.1) is 11.2 Å². The van der Waals surface area contributed by atoms with E-state index in [1.807, 2.05) is 45.9 Å². The summed E-state index contributed by atoms with van der Waals surface area (Å²) < 4.78 is 12.0. The third kappa shape index (κ3) is 3.64. The van der Waals surface area contributed by atoms with E-state index in [0.29, 0.717) is 12.1 Å². The van der Waals surface area contributed by atoms with Gasteiger partial charge in [-0.15, -0.1) is 0 Å². The number of carbonyl (C=O) groups is 1. The Morgan fingerprint density at radius 1 is 1.17 bits per heavy atom. The zero-order valence-electron chi connectivity index (χ0n) is 14.1. The number of hydrogen-bond donors (Lipinski definition) is 3. The van der Waals surface area contributed by atoms with Crippen LogP contribution in [0.25, 0.3) is 6.08 Å². The Kier molecular flexibility index (Phi) is 4.96. The van der Waals surface area contributed by atoms with Gasteiger partial charge in [-0.25, -0.2) is 5.84 Å². The molecule has 0 aliphatic carbocycles. The van der Waals surface area contributed by atoms with Crippen LogP contribution in [0.15, 0.2) is 29.7 Å². The van der Waals surface area contributed by atoms with Crippen LogP contribution in [0.2, 0.25) is 0 Å². The minimum absolute atomic E-state index is 0.321. The lowest BCUT2D eigenvalue weighted by molar-refractivity contribution is 0.00578. The smallest absolute Gasteiger partial charge is 0.400 e. The molecule has 0 saturated carbocycles. The molecule has 1 aliphatic rings. The Morgan fingerprint density at radius 2 is 1.70 bits per heavy atom. The molecule has 1 aromatic carbocycles. The summed E-state index contributed by atoms with van der Waals surface area (Å²) in [6, 6.07) is 7.05. The lowest BCUT2D eigenvalue weighted by atomic mass is 9.77. The first kappa shape index (κ1) is 17.7. The molecule has 1 amide bonds. The maximum atomic E-state index is 11.4. The highest BCUT2D eigenvalue weighted by molar-refractivity contribution is 6.55. The first-order valence-electron chi connectivity index (χ1n) is 7.57. The molecule has 0 radical (unpaired) electrons. The van der Waals surface area contributed by atoms with Gasteiger partial charge in [0.25, 0.3) is 5.91 Å². The van der Waals surface area contributed by atoms with Crippen LogP contribution in [0.1, 0.15) is 43.6 Å². The van der Waals surface area contributed by atoms with Gasteiger partial charge in [0.15, 0.2) is 0 Å². The topological polar surface area (TPSA) is 99.6 Å². The van der Waals surface area contributed by atoms with Crippen LogP contribution in [-0.2, 0) is 9.31 Å². The van der Waals surface area contributed by atoms with E-state index in [1.165, 1.54) is 0 Å². The van der Waals surface area contributed by atoms with Gasteiger partial charge in [-0.1, -0.05) is 18.2 Å². The van der Waals surface area contributed by atoms with Crippen molar-refractivity contribution in [1.82, 2.24) is 5.43 Å². The maximum Gasteiger partial charge on any atom is 0.491 e. The van der Waals surface area contributed by atoms with Crippen molar-refractivity contribution in [1.29, 1.82) is 0 Å². The Bertz CT molecular complexity index is 596. The molecule has 1 aliphatic heterocycles. The van der Waals surface area contributed by atoms with E-state index >= 15 is 0 Å². The van der Waals surface area contributed by atoms with Crippen molar-refractivity contribution in [2.24, 2.45) is 11.6 Å². The highest BCUT2D eigenvalue weighted by atomic mass is 16.7. The second-order valence-corrected chi connectivity index (χ2v) is 6.61. The molecular weight excluding hydrogens is 293 g/mol. The Balaban J connectivity index is 2.21. The number of benzene rings is 1. The van der Waals surface area contributed by atoms with E-state index < -0.39 is 18.3 Å². The Labute approximate surface area is 137 Å². The molecule has 0 aromatic heterocycles.